The molecular formula is C12H14NZr. The predicted molar refractivity (Wildman–Crippen MR) is 56.4 cm³/mol. The third kappa shape index (κ3) is 11.5. The van der Waals surface area contributed by atoms with Gasteiger partial charge in [-0.3, -0.25) is 13.1 Å². The summed E-state index contributed by atoms with van der Waals surface area (Å²) in [6.45, 7) is 0. The van der Waals surface area contributed by atoms with Crippen LogP contribution in [-0.4, -0.2) is 0 Å². The fourth-order valence-corrected chi connectivity index (χ4v) is 0.682. The maximum atomic E-state index is 4.25. The summed E-state index contributed by atoms with van der Waals surface area (Å²) in [5, 5.41) is 0. The van der Waals surface area contributed by atoms with E-state index in [0.717, 1.165) is 6.42 Å². The van der Waals surface area contributed by atoms with Crippen molar-refractivity contribution in [2.45, 2.75) is 6.42 Å². The molecule has 71 valence electrons. The zero-order valence-electron chi connectivity index (χ0n) is 8.11. The van der Waals surface area contributed by atoms with Crippen LogP contribution >= 0.6 is 0 Å². The van der Waals surface area contributed by atoms with Gasteiger partial charge in [0, 0.05) is 0 Å². The van der Waals surface area contributed by atoms with Crippen LogP contribution in [-0.2, 0) is 26.2 Å². The topological polar surface area (TPSA) is 26.0 Å². The molecule has 2 N–H and O–H groups in total. The van der Waals surface area contributed by atoms with E-state index in [2.05, 4.69) is 31.0 Å². The van der Waals surface area contributed by atoms with Gasteiger partial charge in [-0.1, -0.05) is 0 Å². The van der Waals surface area contributed by atoms with Crippen molar-refractivity contribution in [2.75, 3.05) is 0 Å². The molecule has 2 rings (SSSR count). The minimum atomic E-state index is 0. The molecule has 0 heterocycles. The summed E-state index contributed by atoms with van der Waals surface area (Å²) >= 11 is 0. The molecule has 0 fully saturated rings. The van der Waals surface area contributed by atoms with Crippen molar-refractivity contribution >= 4 is 0 Å². The van der Waals surface area contributed by atoms with Crippen LogP contribution in [0.2, 0.25) is 0 Å². The summed E-state index contributed by atoms with van der Waals surface area (Å²) in [6.07, 6.45) is 10.0. The fraction of sp³-hybridized carbons (Fsp3) is 0.0833. The smallest absolute Gasteiger partial charge is 0.486 e. The van der Waals surface area contributed by atoms with Crippen molar-refractivity contribution in [3.05, 3.63) is 67.7 Å². The Morgan fingerprint density at radius 3 is 1.86 bits per heavy atom. The molecule has 2 heteroatoms. The van der Waals surface area contributed by atoms with Crippen molar-refractivity contribution in [3.8, 4) is 0 Å². The van der Waals surface area contributed by atoms with Gasteiger partial charge in [0.2, 0.25) is 0 Å². The molecule has 1 aromatic carbocycles. The summed E-state index contributed by atoms with van der Waals surface area (Å²) in [5.74, 6) is 0. The second-order valence-electron chi connectivity index (χ2n) is 2.08. The SMILES string of the molecule is [C-]1=CC=CC1.[CH2-]N.[Zr+3].[c-]1ccccc1. The predicted octanol–water partition coefficient (Wildman–Crippen LogP) is 2.53. The third-order valence-corrected chi connectivity index (χ3v) is 1.19. The largest absolute Gasteiger partial charge is 3.00 e. The minimum absolute atomic E-state index is 0. The molecule has 0 aliphatic heterocycles. The summed E-state index contributed by atoms with van der Waals surface area (Å²) in [5.41, 5.74) is 4.25. The molecule has 1 aromatic rings. The first kappa shape index (κ1) is 16.0. The van der Waals surface area contributed by atoms with Gasteiger partial charge in [0.15, 0.2) is 0 Å². The number of hydrogen-bond acceptors (Lipinski definition) is 1. The Balaban J connectivity index is 0. The Labute approximate surface area is 106 Å². The van der Waals surface area contributed by atoms with Gasteiger partial charge in [0.1, 0.15) is 0 Å². The van der Waals surface area contributed by atoms with Gasteiger partial charge in [-0.05, 0) is 0 Å². The summed E-state index contributed by atoms with van der Waals surface area (Å²) in [7, 11) is 2.75. The van der Waals surface area contributed by atoms with Crippen molar-refractivity contribution in [1.82, 2.24) is 0 Å². The van der Waals surface area contributed by atoms with E-state index in [1.807, 2.05) is 42.5 Å². The maximum Gasteiger partial charge on any atom is 3.00 e. The molecule has 0 bridgehead atoms. The Kier molecular flexibility index (Phi) is 17.2. The average Bonchev–Trinajstić information content (AvgIpc) is 2.82. The van der Waals surface area contributed by atoms with Gasteiger partial charge in [0.05, 0.1) is 0 Å². The van der Waals surface area contributed by atoms with Crippen LogP contribution in [0.4, 0.5) is 0 Å². The molecule has 1 radical (unpaired) electrons. The molecule has 0 saturated carbocycles. The van der Waals surface area contributed by atoms with Crippen LogP contribution in [0.3, 0.4) is 0 Å². The van der Waals surface area contributed by atoms with Gasteiger partial charge in [-0.2, -0.15) is 42.5 Å². The molecule has 1 aliphatic carbocycles. The van der Waals surface area contributed by atoms with Gasteiger partial charge in [-0.25, -0.2) is 12.2 Å². The summed E-state index contributed by atoms with van der Waals surface area (Å²) in [6, 6.07) is 12.5. The monoisotopic (exact) mass is 262 g/mol. The first-order valence-corrected chi connectivity index (χ1v) is 4.04. The molecule has 1 aliphatic rings. The maximum absolute atomic E-state index is 4.25. The van der Waals surface area contributed by atoms with Crippen molar-refractivity contribution < 1.29 is 26.2 Å². The normalized spacial score (nSPS) is 10.1. The van der Waals surface area contributed by atoms with Crippen LogP contribution in [0.15, 0.2) is 48.6 Å². The molecule has 0 spiro atoms. The van der Waals surface area contributed by atoms with Crippen LogP contribution in [0.5, 0.6) is 0 Å². The first-order valence-electron chi connectivity index (χ1n) is 4.04. The molecule has 0 aromatic heterocycles. The zero-order chi connectivity index (χ0) is 9.78. The van der Waals surface area contributed by atoms with E-state index in [-0.39, 0.29) is 26.2 Å². The average molecular weight is 263 g/mol. The van der Waals surface area contributed by atoms with Crippen LogP contribution in [0, 0.1) is 19.2 Å². The van der Waals surface area contributed by atoms with Crippen LogP contribution in [0.25, 0.3) is 0 Å². The Hall–Kier alpha value is -0.457. The Morgan fingerprint density at radius 2 is 1.71 bits per heavy atom. The molecular weight excluding hydrogens is 249 g/mol. The van der Waals surface area contributed by atoms with Crippen LogP contribution in [0.1, 0.15) is 6.42 Å². The second-order valence-corrected chi connectivity index (χ2v) is 2.08. The van der Waals surface area contributed by atoms with E-state index in [9.17, 15) is 0 Å². The minimum Gasteiger partial charge on any atom is -0.486 e. The number of allylic oxidation sites excluding steroid dienone is 4. The molecule has 1 nitrogen and oxygen atoms in total. The van der Waals surface area contributed by atoms with E-state index in [4.69, 9.17) is 0 Å². The number of hydrogen-bond donors (Lipinski definition) is 1. The number of benzene rings is 1. The van der Waals surface area contributed by atoms with Gasteiger partial charge >= 0.3 is 26.2 Å². The van der Waals surface area contributed by atoms with Crippen molar-refractivity contribution in [2.24, 2.45) is 5.73 Å². The summed E-state index contributed by atoms with van der Waals surface area (Å²) in [4.78, 5) is 0. The first-order chi connectivity index (χ1) is 6.50. The van der Waals surface area contributed by atoms with E-state index < -0.39 is 0 Å². The molecule has 0 amide bonds. The van der Waals surface area contributed by atoms with E-state index >= 15 is 0 Å². The van der Waals surface area contributed by atoms with E-state index in [0.29, 0.717) is 0 Å². The molecule has 0 saturated heterocycles. The second kappa shape index (κ2) is 15.0. The Bertz CT molecular complexity index is 193. The Morgan fingerprint density at radius 1 is 1.07 bits per heavy atom. The van der Waals surface area contributed by atoms with Crippen molar-refractivity contribution in [1.29, 1.82) is 0 Å². The van der Waals surface area contributed by atoms with Gasteiger partial charge in [0.25, 0.3) is 0 Å². The van der Waals surface area contributed by atoms with Gasteiger partial charge in [-0.15, -0.1) is 6.42 Å². The third-order valence-electron chi connectivity index (χ3n) is 1.19. The van der Waals surface area contributed by atoms with Gasteiger partial charge < -0.3 is 5.73 Å². The van der Waals surface area contributed by atoms with E-state index in [1.54, 1.807) is 0 Å². The van der Waals surface area contributed by atoms with E-state index in [1.165, 1.54) is 0 Å². The zero-order valence-corrected chi connectivity index (χ0v) is 10.6. The van der Waals surface area contributed by atoms with Crippen molar-refractivity contribution in [3.63, 3.8) is 0 Å². The van der Waals surface area contributed by atoms with Crippen LogP contribution < -0.4 is 5.73 Å². The summed E-state index contributed by atoms with van der Waals surface area (Å²) < 4.78 is 0. The quantitative estimate of drug-likeness (QED) is 0.715. The fourth-order valence-electron chi connectivity index (χ4n) is 0.682. The number of nitrogens with two attached hydrogens (primary N) is 1. The molecule has 0 atom stereocenters. The number of rotatable bonds is 0. The molecule has 14 heavy (non-hydrogen) atoms. The molecule has 0 unspecified atom stereocenters. The standard InChI is InChI=1S/C6H5.C5H5.CH4N.Zr/c1-2-4-6-5-3-1;1-2-4-5-3-1;1-2;/h1-5H;1-3H,4H2;1-2H2;/q3*-1;+3.